The quantitative estimate of drug-likeness (QED) is 0.772. The summed E-state index contributed by atoms with van der Waals surface area (Å²) in [7, 11) is 0. The van der Waals surface area contributed by atoms with Gasteiger partial charge in [-0.25, -0.2) is 0 Å². The summed E-state index contributed by atoms with van der Waals surface area (Å²) in [6.45, 7) is 3.93. The predicted molar refractivity (Wildman–Crippen MR) is 79.8 cm³/mol. The van der Waals surface area contributed by atoms with Gasteiger partial charge in [0.15, 0.2) is 0 Å². The lowest BCUT2D eigenvalue weighted by Gasteiger charge is -2.42. The van der Waals surface area contributed by atoms with E-state index in [2.05, 4.69) is 4.90 Å². The molecule has 0 aromatic heterocycles. The van der Waals surface area contributed by atoms with E-state index in [1.54, 1.807) is 0 Å². The van der Waals surface area contributed by atoms with Crippen molar-refractivity contribution in [1.29, 1.82) is 0 Å². The van der Waals surface area contributed by atoms with Gasteiger partial charge in [-0.2, -0.15) is 0 Å². The standard InChI is InChI=1S/C15H27N3O3/c16-12-15(5-2-1-3-6-15)14(21)18-10-8-17(9-11-18)7-4-13(19)20/h1-12,16H2,(H,19,20). The van der Waals surface area contributed by atoms with Gasteiger partial charge in [-0.15, -0.1) is 0 Å². The molecule has 6 nitrogen and oxygen atoms in total. The zero-order valence-electron chi connectivity index (χ0n) is 12.7. The van der Waals surface area contributed by atoms with Gasteiger partial charge in [-0.05, 0) is 12.8 Å². The monoisotopic (exact) mass is 297 g/mol. The van der Waals surface area contributed by atoms with E-state index in [1.165, 1.54) is 6.42 Å². The van der Waals surface area contributed by atoms with Crippen molar-refractivity contribution in [3.05, 3.63) is 0 Å². The first-order chi connectivity index (χ1) is 10.1. The number of carboxylic acids is 1. The summed E-state index contributed by atoms with van der Waals surface area (Å²) in [5, 5.41) is 8.72. The van der Waals surface area contributed by atoms with E-state index < -0.39 is 5.97 Å². The molecule has 6 heteroatoms. The number of amides is 1. The Hall–Kier alpha value is -1.14. The lowest BCUT2D eigenvalue weighted by molar-refractivity contribution is -0.146. The van der Waals surface area contributed by atoms with E-state index in [0.29, 0.717) is 26.2 Å². The van der Waals surface area contributed by atoms with E-state index >= 15 is 0 Å². The number of hydrogen-bond acceptors (Lipinski definition) is 4. The maximum absolute atomic E-state index is 12.8. The Morgan fingerprint density at radius 3 is 2.19 bits per heavy atom. The van der Waals surface area contributed by atoms with Crippen molar-refractivity contribution in [2.24, 2.45) is 11.1 Å². The van der Waals surface area contributed by atoms with Crippen LogP contribution in [0.2, 0.25) is 0 Å². The van der Waals surface area contributed by atoms with Crippen molar-refractivity contribution < 1.29 is 14.7 Å². The minimum Gasteiger partial charge on any atom is -0.481 e. The van der Waals surface area contributed by atoms with Crippen LogP contribution in [0.3, 0.4) is 0 Å². The molecule has 0 unspecified atom stereocenters. The fourth-order valence-corrected chi connectivity index (χ4v) is 3.50. The van der Waals surface area contributed by atoms with E-state index in [4.69, 9.17) is 10.8 Å². The highest BCUT2D eigenvalue weighted by Crippen LogP contribution is 2.37. The van der Waals surface area contributed by atoms with E-state index in [9.17, 15) is 9.59 Å². The molecular weight excluding hydrogens is 270 g/mol. The Morgan fingerprint density at radius 1 is 1.05 bits per heavy atom. The molecule has 2 rings (SSSR count). The van der Waals surface area contributed by atoms with E-state index in [-0.39, 0.29) is 17.7 Å². The van der Waals surface area contributed by atoms with Crippen LogP contribution in [0.5, 0.6) is 0 Å². The largest absolute Gasteiger partial charge is 0.481 e. The number of carbonyl (C=O) groups excluding carboxylic acids is 1. The molecule has 0 radical (unpaired) electrons. The maximum atomic E-state index is 12.8. The maximum Gasteiger partial charge on any atom is 0.304 e. The van der Waals surface area contributed by atoms with Crippen molar-refractivity contribution in [3.8, 4) is 0 Å². The third kappa shape index (κ3) is 3.95. The van der Waals surface area contributed by atoms with Gasteiger partial charge in [0.25, 0.3) is 0 Å². The Labute approximate surface area is 126 Å². The molecule has 1 heterocycles. The average molecular weight is 297 g/mol. The molecule has 0 spiro atoms. The van der Waals surface area contributed by atoms with Gasteiger partial charge in [-0.3, -0.25) is 14.5 Å². The summed E-state index contributed by atoms with van der Waals surface area (Å²) < 4.78 is 0. The first-order valence-electron chi connectivity index (χ1n) is 8.01. The minimum absolute atomic E-state index is 0.167. The Morgan fingerprint density at radius 2 is 1.67 bits per heavy atom. The van der Waals surface area contributed by atoms with Crippen LogP contribution in [0, 0.1) is 5.41 Å². The number of carbonyl (C=O) groups is 2. The molecule has 1 amide bonds. The van der Waals surface area contributed by atoms with Crippen LogP contribution < -0.4 is 5.73 Å². The van der Waals surface area contributed by atoms with Crippen molar-refractivity contribution in [3.63, 3.8) is 0 Å². The summed E-state index contributed by atoms with van der Waals surface area (Å²) in [5.41, 5.74) is 5.60. The van der Waals surface area contributed by atoms with Gasteiger partial charge in [0.2, 0.25) is 5.91 Å². The van der Waals surface area contributed by atoms with Gasteiger partial charge in [0, 0.05) is 39.3 Å². The number of piperazine rings is 1. The van der Waals surface area contributed by atoms with Crippen LogP contribution in [0.15, 0.2) is 0 Å². The van der Waals surface area contributed by atoms with Gasteiger partial charge < -0.3 is 15.7 Å². The van der Waals surface area contributed by atoms with Gasteiger partial charge in [0.05, 0.1) is 11.8 Å². The average Bonchev–Trinajstić information content (AvgIpc) is 2.53. The molecule has 21 heavy (non-hydrogen) atoms. The molecule has 0 aromatic rings. The lowest BCUT2D eigenvalue weighted by atomic mass is 9.73. The number of nitrogens with zero attached hydrogens (tertiary/aromatic N) is 2. The summed E-state index contributed by atoms with van der Waals surface area (Å²) in [6.07, 6.45) is 5.41. The fourth-order valence-electron chi connectivity index (χ4n) is 3.50. The molecule has 1 aliphatic heterocycles. The molecule has 1 saturated carbocycles. The van der Waals surface area contributed by atoms with Crippen LogP contribution in [-0.2, 0) is 9.59 Å². The van der Waals surface area contributed by atoms with Crippen LogP contribution in [-0.4, -0.2) is 66.1 Å². The number of hydrogen-bond donors (Lipinski definition) is 2. The summed E-state index contributed by atoms with van der Waals surface area (Å²) >= 11 is 0. The Balaban J connectivity index is 1.86. The lowest BCUT2D eigenvalue weighted by Crippen LogP contribution is -2.55. The topological polar surface area (TPSA) is 86.9 Å². The van der Waals surface area contributed by atoms with Gasteiger partial charge in [0.1, 0.15) is 0 Å². The van der Waals surface area contributed by atoms with Crippen molar-refractivity contribution >= 4 is 11.9 Å². The smallest absolute Gasteiger partial charge is 0.304 e. The van der Waals surface area contributed by atoms with Crippen molar-refractivity contribution in [2.75, 3.05) is 39.3 Å². The van der Waals surface area contributed by atoms with Crippen LogP contribution in [0.4, 0.5) is 0 Å². The molecule has 3 N–H and O–H groups in total. The number of nitrogens with two attached hydrogens (primary N) is 1. The fraction of sp³-hybridized carbons (Fsp3) is 0.867. The zero-order chi connectivity index (χ0) is 15.3. The highest BCUT2D eigenvalue weighted by atomic mass is 16.4. The first-order valence-corrected chi connectivity index (χ1v) is 8.01. The summed E-state index contributed by atoms with van der Waals surface area (Å²) in [6, 6.07) is 0. The van der Waals surface area contributed by atoms with Crippen LogP contribution >= 0.6 is 0 Å². The molecule has 120 valence electrons. The van der Waals surface area contributed by atoms with Gasteiger partial charge >= 0.3 is 5.97 Å². The van der Waals surface area contributed by atoms with Crippen LogP contribution in [0.25, 0.3) is 0 Å². The SMILES string of the molecule is NCC1(C(=O)N2CCN(CCC(=O)O)CC2)CCCCC1. The van der Waals surface area contributed by atoms with E-state index in [1.807, 2.05) is 4.90 Å². The summed E-state index contributed by atoms with van der Waals surface area (Å²) in [4.78, 5) is 27.5. The molecule has 1 saturated heterocycles. The second kappa shape index (κ2) is 7.22. The molecule has 1 aliphatic carbocycles. The number of aliphatic carboxylic acids is 1. The summed E-state index contributed by atoms with van der Waals surface area (Å²) in [5.74, 6) is -0.541. The number of rotatable bonds is 5. The zero-order valence-corrected chi connectivity index (χ0v) is 12.7. The molecule has 0 aromatic carbocycles. The third-order valence-electron chi connectivity index (χ3n) is 4.96. The normalized spacial score (nSPS) is 23.0. The third-order valence-corrected chi connectivity index (χ3v) is 4.96. The first kappa shape index (κ1) is 16.2. The Bertz CT molecular complexity index is 372. The molecular formula is C15H27N3O3. The second-order valence-electron chi connectivity index (χ2n) is 6.32. The van der Waals surface area contributed by atoms with Crippen molar-refractivity contribution in [2.45, 2.75) is 38.5 Å². The van der Waals surface area contributed by atoms with Crippen LogP contribution in [0.1, 0.15) is 38.5 Å². The van der Waals surface area contributed by atoms with Crippen molar-refractivity contribution in [1.82, 2.24) is 9.80 Å². The highest BCUT2D eigenvalue weighted by molar-refractivity contribution is 5.83. The Kier molecular flexibility index (Phi) is 5.58. The molecule has 0 bridgehead atoms. The second-order valence-corrected chi connectivity index (χ2v) is 6.32. The van der Waals surface area contributed by atoms with Gasteiger partial charge in [-0.1, -0.05) is 19.3 Å². The molecule has 2 aliphatic rings. The molecule has 2 fully saturated rings. The number of carboxylic acid groups (broad SMARTS) is 1. The predicted octanol–water partition coefficient (Wildman–Crippen LogP) is 0.515. The highest BCUT2D eigenvalue weighted by Gasteiger charge is 2.41. The van der Waals surface area contributed by atoms with E-state index in [0.717, 1.165) is 38.8 Å². The minimum atomic E-state index is -0.766. The molecule has 0 atom stereocenters.